The van der Waals surface area contributed by atoms with E-state index in [1.807, 2.05) is 11.3 Å². The summed E-state index contributed by atoms with van der Waals surface area (Å²) in [6.45, 7) is 8.23. The summed E-state index contributed by atoms with van der Waals surface area (Å²) in [5, 5.41) is 5.77. The van der Waals surface area contributed by atoms with Crippen molar-refractivity contribution in [1.29, 1.82) is 0 Å². The minimum Gasteiger partial charge on any atom is -0.313 e. The smallest absolute Gasteiger partial charge is 0.0195 e. The number of hydrogen-bond donors (Lipinski definition) is 1. The molecule has 0 saturated carbocycles. The monoisotopic (exact) mass is 252 g/mol. The minimum absolute atomic E-state index is 0.650. The Bertz CT molecular complexity index is 302. The summed E-state index contributed by atoms with van der Waals surface area (Å²) in [7, 11) is 0. The van der Waals surface area contributed by atoms with Crippen molar-refractivity contribution in [3.05, 3.63) is 22.4 Å². The standard InChI is InChI=1S/C14H24N2S/c1-12(2)16(11-13-5-3-8-15-13)9-7-14-6-4-10-17-14/h4,6,10,12-13,15H,3,5,7-9,11H2,1-2H3. The maximum atomic E-state index is 3.60. The maximum absolute atomic E-state index is 3.60. The van der Waals surface area contributed by atoms with Crippen LogP contribution in [-0.4, -0.2) is 36.6 Å². The minimum atomic E-state index is 0.650. The molecule has 1 aromatic rings. The van der Waals surface area contributed by atoms with Crippen LogP contribution in [0.4, 0.5) is 0 Å². The molecule has 2 nitrogen and oxygen atoms in total. The van der Waals surface area contributed by atoms with E-state index in [9.17, 15) is 0 Å². The molecule has 96 valence electrons. The van der Waals surface area contributed by atoms with Crippen LogP contribution in [0.3, 0.4) is 0 Å². The molecule has 17 heavy (non-hydrogen) atoms. The van der Waals surface area contributed by atoms with Gasteiger partial charge in [-0.1, -0.05) is 6.07 Å². The molecule has 1 saturated heterocycles. The third kappa shape index (κ3) is 4.09. The van der Waals surface area contributed by atoms with E-state index in [4.69, 9.17) is 0 Å². The largest absolute Gasteiger partial charge is 0.313 e. The first-order valence-corrected chi connectivity index (χ1v) is 7.63. The molecule has 0 aromatic carbocycles. The molecule has 2 heterocycles. The van der Waals surface area contributed by atoms with Crippen LogP contribution in [0.1, 0.15) is 31.6 Å². The van der Waals surface area contributed by atoms with Gasteiger partial charge in [-0.05, 0) is 51.1 Å². The van der Waals surface area contributed by atoms with Crippen LogP contribution in [0.5, 0.6) is 0 Å². The molecule has 3 heteroatoms. The van der Waals surface area contributed by atoms with Crippen molar-refractivity contribution in [3.8, 4) is 0 Å². The third-order valence-electron chi connectivity index (χ3n) is 3.57. The first-order valence-electron chi connectivity index (χ1n) is 6.75. The highest BCUT2D eigenvalue weighted by Gasteiger charge is 2.19. The zero-order valence-corrected chi connectivity index (χ0v) is 11.8. The summed E-state index contributed by atoms with van der Waals surface area (Å²) in [6.07, 6.45) is 3.90. The van der Waals surface area contributed by atoms with Crippen molar-refractivity contribution in [3.63, 3.8) is 0 Å². The van der Waals surface area contributed by atoms with Crippen molar-refractivity contribution in [1.82, 2.24) is 10.2 Å². The average molecular weight is 252 g/mol. The Morgan fingerprint density at radius 3 is 3.00 bits per heavy atom. The zero-order chi connectivity index (χ0) is 12.1. The molecule has 1 aromatic heterocycles. The molecule has 1 aliphatic rings. The van der Waals surface area contributed by atoms with E-state index in [1.165, 1.54) is 43.8 Å². The Hall–Kier alpha value is -0.380. The molecule has 1 aliphatic heterocycles. The molecule has 1 N–H and O–H groups in total. The fraction of sp³-hybridized carbons (Fsp3) is 0.714. The van der Waals surface area contributed by atoms with E-state index in [1.54, 1.807) is 0 Å². The Kier molecular flexibility index (Phi) is 5.01. The van der Waals surface area contributed by atoms with E-state index >= 15 is 0 Å². The van der Waals surface area contributed by atoms with E-state index in [0.717, 1.165) is 6.04 Å². The lowest BCUT2D eigenvalue weighted by Crippen LogP contribution is -2.42. The third-order valence-corrected chi connectivity index (χ3v) is 4.51. The van der Waals surface area contributed by atoms with Gasteiger partial charge in [-0.25, -0.2) is 0 Å². The number of hydrogen-bond acceptors (Lipinski definition) is 3. The fourth-order valence-corrected chi connectivity index (χ4v) is 3.16. The Balaban J connectivity index is 1.79. The Morgan fingerprint density at radius 2 is 2.41 bits per heavy atom. The molecule has 0 spiro atoms. The van der Waals surface area contributed by atoms with Gasteiger partial charge in [0.05, 0.1) is 0 Å². The van der Waals surface area contributed by atoms with Crippen LogP contribution in [0.2, 0.25) is 0 Å². The van der Waals surface area contributed by atoms with Gasteiger partial charge in [-0.2, -0.15) is 0 Å². The lowest BCUT2D eigenvalue weighted by Gasteiger charge is -2.29. The van der Waals surface area contributed by atoms with Crippen LogP contribution in [0, 0.1) is 0 Å². The van der Waals surface area contributed by atoms with Crippen molar-refractivity contribution in [2.24, 2.45) is 0 Å². The van der Waals surface area contributed by atoms with Crippen LogP contribution in [0.15, 0.2) is 17.5 Å². The lowest BCUT2D eigenvalue weighted by atomic mass is 10.2. The van der Waals surface area contributed by atoms with Gasteiger partial charge in [-0.3, -0.25) is 4.90 Å². The molecule has 0 bridgehead atoms. The van der Waals surface area contributed by atoms with Gasteiger partial charge < -0.3 is 5.32 Å². The maximum Gasteiger partial charge on any atom is 0.0195 e. The van der Waals surface area contributed by atoms with Crippen LogP contribution in [0.25, 0.3) is 0 Å². The molecule has 0 aliphatic carbocycles. The second kappa shape index (κ2) is 6.53. The number of thiophene rings is 1. The number of rotatable bonds is 6. The number of nitrogens with one attached hydrogen (secondary N) is 1. The van der Waals surface area contributed by atoms with Gasteiger partial charge in [0.1, 0.15) is 0 Å². The highest BCUT2D eigenvalue weighted by Crippen LogP contribution is 2.13. The molecule has 0 amide bonds. The molecule has 1 fully saturated rings. The first kappa shape index (κ1) is 13.1. The van der Waals surface area contributed by atoms with Gasteiger partial charge >= 0.3 is 0 Å². The summed E-state index contributed by atoms with van der Waals surface area (Å²) in [4.78, 5) is 4.12. The highest BCUT2D eigenvalue weighted by molar-refractivity contribution is 7.09. The summed E-state index contributed by atoms with van der Waals surface area (Å²) < 4.78 is 0. The Morgan fingerprint density at radius 1 is 1.53 bits per heavy atom. The predicted molar refractivity (Wildman–Crippen MR) is 75.8 cm³/mol. The average Bonchev–Trinajstić information content (AvgIpc) is 2.97. The van der Waals surface area contributed by atoms with Crippen LogP contribution in [-0.2, 0) is 6.42 Å². The quantitative estimate of drug-likeness (QED) is 0.837. The normalized spacial score (nSPS) is 20.6. The van der Waals surface area contributed by atoms with Gasteiger partial charge in [0.25, 0.3) is 0 Å². The topological polar surface area (TPSA) is 15.3 Å². The summed E-state index contributed by atoms with van der Waals surface area (Å²) in [5.41, 5.74) is 0. The number of nitrogens with zero attached hydrogens (tertiary/aromatic N) is 1. The van der Waals surface area contributed by atoms with E-state index in [-0.39, 0.29) is 0 Å². The van der Waals surface area contributed by atoms with Gasteiger partial charge in [0.2, 0.25) is 0 Å². The predicted octanol–water partition coefficient (Wildman–Crippen LogP) is 2.75. The van der Waals surface area contributed by atoms with E-state index < -0.39 is 0 Å². The lowest BCUT2D eigenvalue weighted by molar-refractivity contribution is 0.205. The molecule has 1 unspecified atom stereocenters. The molecule has 1 atom stereocenters. The van der Waals surface area contributed by atoms with Crippen LogP contribution < -0.4 is 5.32 Å². The first-order chi connectivity index (χ1) is 8.25. The molecule has 0 radical (unpaired) electrons. The second-order valence-corrected chi connectivity index (χ2v) is 6.24. The molecule has 2 rings (SSSR count). The molecular formula is C14H24N2S. The highest BCUT2D eigenvalue weighted by atomic mass is 32.1. The van der Waals surface area contributed by atoms with Crippen molar-refractivity contribution in [2.75, 3.05) is 19.6 Å². The zero-order valence-electron chi connectivity index (χ0n) is 11.0. The van der Waals surface area contributed by atoms with Crippen LogP contribution >= 0.6 is 11.3 Å². The fourth-order valence-electron chi connectivity index (χ4n) is 2.46. The summed E-state index contributed by atoms with van der Waals surface area (Å²) in [5.74, 6) is 0. The Labute approximate surface area is 109 Å². The van der Waals surface area contributed by atoms with Gasteiger partial charge in [0.15, 0.2) is 0 Å². The van der Waals surface area contributed by atoms with Gasteiger partial charge in [-0.15, -0.1) is 11.3 Å². The van der Waals surface area contributed by atoms with Crippen molar-refractivity contribution >= 4 is 11.3 Å². The van der Waals surface area contributed by atoms with E-state index in [2.05, 4.69) is 41.6 Å². The molecular weight excluding hydrogens is 228 g/mol. The second-order valence-electron chi connectivity index (χ2n) is 5.21. The van der Waals surface area contributed by atoms with Crippen molar-refractivity contribution < 1.29 is 0 Å². The summed E-state index contributed by atoms with van der Waals surface area (Å²) >= 11 is 1.88. The van der Waals surface area contributed by atoms with Crippen molar-refractivity contribution in [2.45, 2.75) is 45.2 Å². The van der Waals surface area contributed by atoms with Gasteiger partial charge in [0, 0.05) is 30.1 Å². The summed E-state index contributed by atoms with van der Waals surface area (Å²) in [6, 6.07) is 5.77. The SMILES string of the molecule is CC(C)N(CCc1cccs1)CC1CCCN1. The van der Waals surface area contributed by atoms with E-state index in [0.29, 0.717) is 6.04 Å².